The Bertz CT molecular complexity index is 168. The topological polar surface area (TPSA) is 70.3 Å². The summed E-state index contributed by atoms with van der Waals surface area (Å²) in [7, 11) is 0. The van der Waals surface area contributed by atoms with Crippen LogP contribution in [0.2, 0.25) is 0 Å². The largest absolute Gasteiger partial charge is 0.506 e. The second-order valence-electron chi connectivity index (χ2n) is 2.46. The normalized spacial score (nSPS) is 10.1. The Labute approximate surface area is 59.0 Å². The second kappa shape index (κ2) is 3.06. The lowest BCUT2D eigenvalue weighted by Crippen LogP contribution is -2.26. The van der Waals surface area contributed by atoms with Crippen LogP contribution in [0.15, 0.2) is 0 Å². The highest BCUT2D eigenvalue weighted by Crippen LogP contribution is 2.12. The predicted molar refractivity (Wildman–Crippen MR) is 33.4 cm³/mol. The molecule has 0 aliphatic carbocycles. The number of carboxylic acid groups (broad SMARTS) is 1. The van der Waals surface area contributed by atoms with Crippen molar-refractivity contribution in [1.29, 1.82) is 5.26 Å². The number of carbonyl (C=O) groups is 1. The fraction of sp³-hybridized carbons (Fsp3) is 0.667. The van der Waals surface area contributed by atoms with Crippen LogP contribution >= 0.6 is 0 Å². The Balaban J connectivity index is 3.89. The van der Waals surface area contributed by atoms with Gasteiger partial charge in [0, 0.05) is 0 Å². The van der Waals surface area contributed by atoms with E-state index in [1.54, 1.807) is 13.8 Å². The fourth-order valence-corrected chi connectivity index (χ4v) is 0.463. The molecule has 0 radical (unpaired) electrons. The van der Waals surface area contributed by atoms with E-state index >= 15 is 0 Å². The molecule has 0 aromatic carbocycles. The number of nitrogens with zero attached hydrogens (tertiary/aromatic N) is 1. The van der Waals surface area contributed by atoms with Gasteiger partial charge in [-0.1, -0.05) is 0 Å². The molecular weight excluding hydrogens is 134 g/mol. The summed E-state index contributed by atoms with van der Waals surface area (Å²) in [5.74, 6) is 0. The first-order valence-electron chi connectivity index (χ1n) is 2.77. The molecule has 0 saturated carbocycles. The first-order chi connectivity index (χ1) is 4.48. The van der Waals surface area contributed by atoms with Gasteiger partial charge in [0.25, 0.3) is 0 Å². The van der Waals surface area contributed by atoms with Gasteiger partial charge in [0.05, 0.1) is 12.5 Å². The van der Waals surface area contributed by atoms with E-state index in [1.165, 1.54) is 0 Å². The van der Waals surface area contributed by atoms with Crippen molar-refractivity contribution in [1.82, 2.24) is 0 Å². The van der Waals surface area contributed by atoms with Crippen molar-refractivity contribution >= 4 is 6.16 Å². The molecule has 0 rings (SSSR count). The SMILES string of the molecule is CC(C)(CC#N)OC(=O)O. The van der Waals surface area contributed by atoms with Crippen LogP contribution in [0.25, 0.3) is 0 Å². The molecule has 0 amide bonds. The van der Waals surface area contributed by atoms with E-state index in [-0.39, 0.29) is 6.42 Å². The minimum absolute atomic E-state index is 0.0687. The van der Waals surface area contributed by atoms with Crippen molar-refractivity contribution in [2.24, 2.45) is 0 Å². The fourth-order valence-electron chi connectivity index (χ4n) is 0.463. The number of ether oxygens (including phenoxy) is 1. The highest BCUT2D eigenvalue weighted by Gasteiger charge is 2.21. The zero-order valence-electron chi connectivity index (χ0n) is 5.92. The maximum Gasteiger partial charge on any atom is 0.506 e. The standard InChI is InChI=1S/C6H9NO3/c1-6(2,3-4-7)10-5(8)9/h3H2,1-2H3,(H,8,9). The van der Waals surface area contributed by atoms with Crippen molar-refractivity contribution < 1.29 is 14.6 Å². The molecule has 10 heavy (non-hydrogen) atoms. The molecular formula is C6H9NO3. The smallest absolute Gasteiger partial charge is 0.450 e. The molecule has 0 heterocycles. The molecule has 56 valence electrons. The highest BCUT2D eigenvalue weighted by molar-refractivity contribution is 5.57. The van der Waals surface area contributed by atoms with Crippen molar-refractivity contribution in [3.8, 4) is 6.07 Å². The van der Waals surface area contributed by atoms with Gasteiger partial charge >= 0.3 is 6.16 Å². The van der Waals surface area contributed by atoms with Crippen LogP contribution in [-0.4, -0.2) is 16.9 Å². The van der Waals surface area contributed by atoms with Crippen molar-refractivity contribution in [3.63, 3.8) is 0 Å². The number of nitriles is 1. The summed E-state index contributed by atoms with van der Waals surface area (Å²) >= 11 is 0. The van der Waals surface area contributed by atoms with Crippen LogP contribution in [0.1, 0.15) is 20.3 Å². The van der Waals surface area contributed by atoms with E-state index in [9.17, 15) is 4.79 Å². The first-order valence-corrected chi connectivity index (χ1v) is 2.77. The summed E-state index contributed by atoms with van der Waals surface area (Å²) in [4.78, 5) is 9.96. The van der Waals surface area contributed by atoms with E-state index in [0.29, 0.717) is 0 Å². The monoisotopic (exact) mass is 143 g/mol. The molecule has 4 heteroatoms. The summed E-state index contributed by atoms with van der Waals surface area (Å²) in [5, 5.41) is 16.3. The lowest BCUT2D eigenvalue weighted by Gasteiger charge is -2.18. The summed E-state index contributed by atoms with van der Waals surface area (Å²) < 4.78 is 4.37. The van der Waals surface area contributed by atoms with Crippen LogP contribution < -0.4 is 0 Å². The van der Waals surface area contributed by atoms with Gasteiger partial charge in [0.15, 0.2) is 0 Å². The van der Waals surface area contributed by atoms with E-state index in [2.05, 4.69) is 4.74 Å². The quantitative estimate of drug-likeness (QED) is 0.592. The minimum atomic E-state index is -1.35. The molecule has 0 fully saturated rings. The second-order valence-corrected chi connectivity index (χ2v) is 2.46. The van der Waals surface area contributed by atoms with E-state index in [1.807, 2.05) is 6.07 Å². The van der Waals surface area contributed by atoms with E-state index < -0.39 is 11.8 Å². The molecule has 0 unspecified atom stereocenters. The highest BCUT2D eigenvalue weighted by atomic mass is 16.7. The molecule has 4 nitrogen and oxygen atoms in total. The van der Waals surface area contributed by atoms with E-state index in [0.717, 1.165) is 0 Å². The number of hydrogen-bond donors (Lipinski definition) is 1. The Kier molecular flexibility index (Phi) is 2.68. The third kappa shape index (κ3) is 3.72. The molecule has 0 aliphatic heterocycles. The minimum Gasteiger partial charge on any atom is -0.450 e. The van der Waals surface area contributed by atoms with Crippen LogP contribution in [0.5, 0.6) is 0 Å². The average Bonchev–Trinajstić information content (AvgIpc) is 1.59. The maximum absolute atomic E-state index is 9.96. The van der Waals surface area contributed by atoms with Gasteiger partial charge < -0.3 is 9.84 Å². The van der Waals surface area contributed by atoms with Crippen LogP contribution in [0.3, 0.4) is 0 Å². The number of rotatable bonds is 2. The third-order valence-electron chi connectivity index (χ3n) is 0.868. The van der Waals surface area contributed by atoms with Gasteiger partial charge in [-0.05, 0) is 13.8 Å². The van der Waals surface area contributed by atoms with Gasteiger partial charge in [0.1, 0.15) is 5.60 Å². The molecule has 0 bridgehead atoms. The Morgan fingerprint density at radius 1 is 1.80 bits per heavy atom. The summed E-state index contributed by atoms with van der Waals surface area (Å²) in [6, 6.07) is 1.83. The lowest BCUT2D eigenvalue weighted by atomic mass is 10.1. The molecule has 0 aromatic rings. The van der Waals surface area contributed by atoms with Crippen LogP contribution in [-0.2, 0) is 4.74 Å². The summed E-state index contributed by atoms with van der Waals surface area (Å²) in [6.45, 7) is 3.09. The lowest BCUT2D eigenvalue weighted by molar-refractivity contribution is 0.00675. The van der Waals surface area contributed by atoms with Gasteiger partial charge in [-0.2, -0.15) is 5.26 Å². The first kappa shape index (κ1) is 8.76. The molecule has 0 atom stereocenters. The maximum atomic E-state index is 9.96. The zero-order valence-corrected chi connectivity index (χ0v) is 5.92. The zero-order chi connectivity index (χ0) is 8.20. The Morgan fingerprint density at radius 2 is 2.30 bits per heavy atom. The molecule has 1 N–H and O–H groups in total. The van der Waals surface area contributed by atoms with Crippen molar-refractivity contribution in [3.05, 3.63) is 0 Å². The van der Waals surface area contributed by atoms with Crippen molar-refractivity contribution in [2.75, 3.05) is 0 Å². The van der Waals surface area contributed by atoms with E-state index in [4.69, 9.17) is 10.4 Å². The van der Waals surface area contributed by atoms with Gasteiger partial charge in [-0.15, -0.1) is 0 Å². The average molecular weight is 143 g/mol. The van der Waals surface area contributed by atoms with Crippen LogP contribution in [0.4, 0.5) is 4.79 Å². The van der Waals surface area contributed by atoms with Gasteiger partial charge in [0.2, 0.25) is 0 Å². The molecule has 0 spiro atoms. The Morgan fingerprint density at radius 3 is 2.60 bits per heavy atom. The van der Waals surface area contributed by atoms with Crippen molar-refractivity contribution in [2.45, 2.75) is 25.9 Å². The molecule has 0 saturated heterocycles. The third-order valence-corrected chi connectivity index (χ3v) is 0.868. The van der Waals surface area contributed by atoms with Crippen LogP contribution in [0, 0.1) is 11.3 Å². The van der Waals surface area contributed by atoms with Gasteiger partial charge in [-0.3, -0.25) is 0 Å². The molecule has 0 aromatic heterocycles. The number of hydrogen-bond acceptors (Lipinski definition) is 3. The molecule has 0 aliphatic rings. The van der Waals surface area contributed by atoms with Gasteiger partial charge in [-0.25, -0.2) is 4.79 Å². The summed E-state index contributed by atoms with van der Waals surface area (Å²) in [6.07, 6.45) is -1.28. The Hall–Kier alpha value is -1.24. The predicted octanol–water partition coefficient (Wildman–Crippen LogP) is 1.37. The summed E-state index contributed by atoms with van der Waals surface area (Å²) in [5.41, 5.74) is -0.888.